The van der Waals surface area contributed by atoms with Crippen molar-refractivity contribution in [3.8, 4) is 17.2 Å². The van der Waals surface area contributed by atoms with Gasteiger partial charge in [-0.15, -0.1) is 0 Å². The monoisotopic (exact) mass is 405 g/mol. The first kappa shape index (κ1) is 19.8. The van der Waals surface area contributed by atoms with E-state index in [0.717, 1.165) is 0 Å². The summed E-state index contributed by atoms with van der Waals surface area (Å²) >= 11 is 5.95. The highest BCUT2D eigenvalue weighted by molar-refractivity contribution is 6.31. The van der Waals surface area contributed by atoms with E-state index in [-0.39, 0.29) is 6.42 Å². The summed E-state index contributed by atoms with van der Waals surface area (Å²) in [6, 6.07) is 10.1. The number of fused-ring (bicyclic) bond motifs is 1. The number of nitrogens with one attached hydrogen (secondary N) is 1. The van der Waals surface area contributed by atoms with Crippen molar-refractivity contribution < 1.29 is 28.5 Å². The highest BCUT2D eigenvalue weighted by Crippen LogP contribution is 2.31. The molecule has 0 saturated heterocycles. The molecule has 0 saturated carbocycles. The number of esters is 1. The second-order valence-electron chi connectivity index (χ2n) is 6.12. The van der Waals surface area contributed by atoms with Gasteiger partial charge < -0.3 is 24.3 Å². The van der Waals surface area contributed by atoms with Gasteiger partial charge in [-0.05, 0) is 42.8 Å². The second kappa shape index (κ2) is 8.84. The van der Waals surface area contributed by atoms with Gasteiger partial charge >= 0.3 is 5.97 Å². The molecule has 1 aliphatic heterocycles. The number of halogens is 1. The maximum absolute atomic E-state index is 12.3. The number of methoxy groups -OCH3 is 1. The molecule has 0 aromatic heterocycles. The summed E-state index contributed by atoms with van der Waals surface area (Å²) in [4.78, 5) is 24.6. The smallest absolute Gasteiger partial charge is 0.311 e. The van der Waals surface area contributed by atoms with Crippen molar-refractivity contribution in [1.29, 1.82) is 0 Å². The summed E-state index contributed by atoms with van der Waals surface area (Å²) in [5.74, 6) is 0.669. The van der Waals surface area contributed by atoms with Crippen LogP contribution in [0.5, 0.6) is 17.2 Å². The fourth-order valence-corrected chi connectivity index (χ4v) is 2.84. The predicted octanol–water partition coefficient (Wildman–Crippen LogP) is 3.23. The minimum Gasteiger partial charge on any atom is -0.495 e. The van der Waals surface area contributed by atoms with Crippen molar-refractivity contribution in [2.75, 3.05) is 25.6 Å². The molecule has 1 amide bonds. The van der Waals surface area contributed by atoms with Gasteiger partial charge in [0.2, 0.25) is 0 Å². The summed E-state index contributed by atoms with van der Waals surface area (Å²) in [6.45, 7) is 2.46. The number of amides is 1. The lowest BCUT2D eigenvalue weighted by Crippen LogP contribution is -2.30. The van der Waals surface area contributed by atoms with Gasteiger partial charge in [0.1, 0.15) is 19.0 Å². The van der Waals surface area contributed by atoms with Crippen LogP contribution in [0.15, 0.2) is 36.4 Å². The molecule has 1 atom stereocenters. The number of hydrogen-bond acceptors (Lipinski definition) is 6. The summed E-state index contributed by atoms with van der Waals surface area (Å²) in [5.41, 5.74) is 1.10. The minimum atomic E-state index is -0.992. The first-order valence-corrected chi connectivity index (χ1v) is 9.06. The predicted molar refractivity (Wildman–Crippen MR) is 103 cm³/mol. The number of carbonyl (C=O) groups is 2. The standard InChI is InChI=1S/C20H20ClNO6/c1-12(20(24)22-15-11-14(21)4-6-16(15)25-2)28-19(23)10-13-3-5-17-18(9-13)27-8-7-26-17/h3-6,9,11-12H,7-8,10H2,1-2H3,(H,22,24). The molecule has 0 spiro atoms. The van der Waals surface area contributed by atoms with E-state index in [1.54, 1.807) is 36.4 Å². The van der Waals surface area contributed by atoms with Crippen LogP contribution in [0.4, 0.5) is 5.69 Å². The van der Waals surface area contributed by atoms with Crippen molar-refractivity contribution in [2.45, 2.75) is 19.4 Å². The fourth-order valence-electron chi connectivity index (χ4n) is 2.67. The molecule has 3 rings (SSSR count). The SMILES string of the molecule is COc1ccc(Cl)cc1NC(=O)C(C)OC(=O)Cc1ccc2c(c1)OCCO2. The van der Waals surface area contributed by atoms with Crippen molar-refractivity contribution in [3.63, 3.8) is 0 Å². The Morgan fingerprint density at radius 1 is 1.14 bits per heavy atom. The summed E-state index contributed by atoms with van der Waals surface area (Å²) in [5, 5.41) is 3.09. The summed E-state index contributed by atoms with van der Waals surface area (Å²) < 4.78 is 21.4. The zero-order valence-corrected chi connectivity index (χ0v) is 16.2. The van der Waals surface area contributed by atoms with E-state index in [2.05, 4.69) is 5.32 Å². The van der Waals surface area contributed by atoms with Crippen LogP contribution in [0, 0.1) is 0 Å². The summed E-state index contributed by atoms with van der Waals surface area (Å²) in [6.07, 6.45) is -0.984. The molecule has 1 heterocycles. The van der Waals surface area contributed by atoms with Gasteiger partial charge in [-0.2, -0.15) is 0 Å². The van der Waals surface area contributed by atoms with Gasteiger partial charge in [-0.25, -0.2) is 0 Å². The van der Waals surface area contributed by atoms with Crippen LogP contribution >= 0.6 is 11.6 Å². The van der Waals surface area contributed by atoms with Crippen LogP contribution in [0.25, 0.3) is 0 Å². The highest BCUT2D eigenvalue weighted by atomic mass is 35.5. The molecular weight excluding hydrogens is 386 g/mol. The van der Waals surface area contributed by atoms with E-state index in [0.29, 0.717) is 46.7 Å². The molecule has 1 N–H and O–H groups in total. The van der Waals surface area contributed by atoms with Gasteiger partial charge in [-0.3, -0.25) is 9.59 Å². The Kier molecular flexibility index (Phi) is 6.26. The molecule has 148 valence electrons. The molecule has 8 heteroatoms. The molecular formula is C20H20ClNO6. The number of benzene rings is 2. The van der Waals surface area contributed by atoms with Gasteiger partial charge in [0, 0.05) is 5.02 Å². The second-order valence-corrected chi connectivity index (χ2v) is 6.56. The van der Waals surface area contributed by atoms with E-state index in [4.69, 9.17) is 30.5 Å². The zero-order chi connectivity index (χ0) is 20.1. The molecule has 0 bridgehead atoms. The van der Waals surface area contributed by atoms with Crippen molar-refractivity contribution >= 4 is 29.2 Å². The third kappa shape index (κ3) is 4.86. The van der Waals surface area contributed by atoms with E-state index < -0.39 is 18.0 Å². The number of anilines is 1. The minimum absolute atomic E-state index is 0.00868. The zero-order valence-electron chi connectivity index (χ0n) is 15.5. The Bertz CT molecular complexity index is 885. The Balaban J connectivity index is 1.58. The molecule has 2 aromatic rings. The number of ether oxygens (including phenoxy) is 4. The third-order valence-corrected chi connectivity index (χ3v) is 4.29. The Morgan fingerprint density at radius 2 is 1.89 bits per heavy atom. The third-order valence-electron chi connectivity index (χ3n) is 4.05. The molecule has 2 aromatic carbocycles. The number of carbonyl (C=O) groups excluding carboxylic acids is 2. The number of rotatable bonds is 6. The van der Waals surface area contributed by atoms with Crippen LogP contribution in [-0.4, -0.2) is 38.3 Å². The molecule has 7 nitrogen and oxygen atoms in total. The molecule has 0 fully saturated rings. The van der Waals surface area contributed by atoms with Crippen LogP contribution < -0.4 is 19.5 Å². The normalized spacial score (nSPS) is 13.4. The topological polar surface area (TPSA) is 83.1 Å². The molecule has 0 aliphatic carbocycles. The van der Waals surface area contributed by atoms with Crippen molar-refractivity contribution in [2.24, 2.45) is 0 Å². The van der Waals surface area contributed by atoms with E-state index in [1.807, 2.05) is 0 Å². The van der Waals surface area contributed by atoms with E-state index >= 15 is 0 Å². The lowest BCUT2D eigenvalue weighted by atomic mass is 10.1. The van der Waals surface area contributed by atoms with Gasteiger partial charge in [-0.1, -0.05) is 17.7 Å². The average molecular weight is 406 g/mol. The van der Waals surface area contributed by atoms with Gasteiger partial charge in [0.05, 0.1) is 19.2 Å². The van der Waals surface area contributed by atoms with Crippen LogP contribution in [0.3, 0.4) is 0 Å². The summed E-state index contributed by atoms with van der Waals surface area (Å²) in [7, 11) is 1.48. The lowest BCUT2D eigenvalue weighted by Gasteiger charge is -2.19. The average Bonchev–Trinajstić information content (AvgIpc) is 2.68. The van der Waals surface area contributed by atoms with E-state index in [9.17, 15) is 9.59 Å². The van der Waals surface area contributed by atoms with E-state index in [1.165, 1.54) is 14.0 Å². The Morgan fingerprint density at radius 3 is 2.64 bits per heavy atom. The number of hydrogen-bond donors (Lipinski definition) is 1. The quantitative estimate of drug-likeness (QED) is 0.743. The molecule has 1 unspecified atom stereocenters. The highest BCUT2D eigenvalue weighted by Gasteiger charge is 2.20. The Labute approximate surface area is 167 Å². The first-order valence-electron chi connectivity index (χ1n) is 8.68. The van der Waals surface area contributed by atoms with Crippen LogP contribution in [-0.2, 0) is 20.7 Å². The largest absolute Gasteiger partial charge is 0.495 e. The van der Waals surface area contributed by atoms with Crippen LogP contribution in [0.2, 0.25) is 5.02 Å². The molecule has 0 radical (unpaired) electrons. The maximum atomic E-state index is 12.3. The fraction of sp³-hybridized carbons (Fsp3) is 0.300. The maximum Gasteiger partial charge on any atom is 0.311 e. The first-order chi connectivity index (χ1) is 13.5. The Hall–Kier alpha value is -2.93. The molecule has 1 aliphatic rings. The molecule has 28 heavy (non-hydrogen) atoms. The van der Waals surface area contributed by atoms with Gasteiger partial charge in [0.25, 0.3) is 5.91 Å². The lowest BCUT2D eigenvalue weighted by molar-refractivity contribution is -0.152. The van der Waals surface area contributed by atoms with Crippen molar-refractivity contribution in [3.05, 3.63) is 47.0 Å². The van der Waals surface area contributed by atoms with Crippen molar-refractivity contribution in [1.82, 2.24) is 0 Å². The van der Waals surface area contributed by atoms with Gasteiger partial charge in [0.15, 0.2) is 17.6 Å². The van der Waals surface area contributed by atoms with Crippen LogP contribution in [0.1, 0.15) is 12.5 Å².